The minimum atomic E-state index is -0.0206. The van der Waals surface area contributed by atoms with Crippen molar-refractivity contribution in [1.82, 2.24) is 15.1 Å². The van der Waals surface area contributed by atoms with E-state index in [-0.39, 0.29) is 5.91 Å². The molecule has 3 aromatic rings. The molecular formula is C21H20BrN5OS. The number of nitriles is 1. The number of benzene rings is 2. The fourth-order valence-electron chi connectivity index (χ4n) is 2.76. The topological polar surface area (TPSA) is 96.7 Å². The smallest absolute Gasteiger partial charge is 0.230 e. The first-order chi connectivity index (χ1) is 14.1. The van der Waals surface area contributed by atoms with Gasteiger partial charge in [0.1, 0.15) is 17.5 Å². The third kappa shape index (κ3) is 5.62. The standard InChI is InChI=1S/C21H20BrN5OS/c22-15-8-10-17(11-9-15)29-14-20(28)25-12-4-7-19-18(13-23)21(24)27(26-19)16-5-2-1-3-6-16/h1-3,5-6,8-11H,4,7,12,14,24H2,(H,25,28). The van der Waals surface area contributed by atoms with Crippen LogP contribution in [-0.4, -0.2) is 28.0 Å². The minimum Gasteiger partial charge on any atom is -0.382 e. The first-order valence-electron chi connectivity index (χ1n) is 9.06. The highest BCUT2D eigenvalue weighted by molar-refractivity contribution is 9.10. The molecule has 8 heteroatoms. The van der Waals surface area contributed by atoms with E-state index in [0.717, 1.165) is 15.1 Å². The zero-order valence-corrected chi connectivity index (χ0v) is 18.0. The molecule has 1 heterocycles. The SMILES string of the molecule is N#Cc1c(CCCNC(=O)CSc2ccc(Br)cc2)nn(-c2ccccc2)c1N. The Morgan fingerprint density at radius 1 is 1.21 bits per heavy atom. The minimum absolute atomic E-state index is 0.0206. The molecule has 0 saturated heterocycles. The summed E-state index contributed by atoms with van der Waals surface area (Å²) in [4.78, 5) is 13.1. The molecule has 0 saturated carbocycles. The van der Waals surface area contributed by atoms with E-state index < -0.39 is 0 Å². The third-order valence-electron chi connectivity index (χ3n) is 4.20. The van der Waals surface area contributed by atoms with Gasteiger partial charge in [-0.2, -0.15) is 10.4 Å². The van der Waals surface area contributed by atoms with Crippen LogP contribution in [0, 0.1) is 11.3 Å². The number of carbonyl (C=O) groups is 1. The summed E-state index contributed by atoms with van der Waals surface area (Å²) < 4.78 is 2.60. The largest absolute Gasteiger partial charge is 0.382 e. The Kier molecular flexibility index (Phi) is 7.33. The monoisotopic (exact) mass is 469 g/mol. The maximum atomic E-state index is 12.0. The van der Waals surface area contributed by atoms with E-state index >= 15 is 0 Å². The van der Waals surface area contributed by atoms with Crippen LogP contribution in [0.4, 0.5) is 5.82 Å². The van der Waals surface area contributed by atoms with Crippen LogP contribution in [0.15, 0.2) is 64.0 Å². The molecule has 0 bridgehead atoms. The summed E-state index contributed by atoms with van der Waals surface area (Å²) >= 11 is 4.89. The fraction of sp³-hybridized carbons (Fsp3) is 0.190. The Labute approximate surface area is 182 Å². The number of thioether (sulfide) groups is 1. The number of para-hydroxylation sites is 1. The molecule has 3 N–H and O–H groups in total. The molecule has 0 atom stereocenters. The van der Waals surface area contributed by atoms with Crippen LogP contribution in [0.25, 0.3) is 5.69 Å². The summed E-state index contributed by atoms with van der Waals surface area (Å²) in [5.41, 5.74) is 7.96. The number of carbonyl (C=O) groups excluding carboxylic acids is 1. The molecular weight excluding hydrogens is 450 g/mol. The van der Waals surface area contributed by atoms with Gasteiger partial charge >= 0.3 is 0 Å². The second kappa shape index (κ2) is 10.1. The molecule has 0 aliphatic rings. The lowest BCUT2D eigenvalue weighted by molar-refractivity contribution is -0.118. The molecule has 0 unspecified atom stereocenters. The number of hydrogen-bond acceptors (Lipinski definition) is 5. The van der Waals surface area contributed by atoms with Gasteiger partial charge in [0.2, 0.25) is 5.91 Å². The van der Waals surface area contributed by atoms with Crippen molar-refractivity contribution in [2.45, 2.75) is 17.7 Å². The number of nitrogens with two attached hydrogens (primary N) is 1. The molecule has 148 valence electrons. The van der Waals surface area contributed by atoms with Crippen LogP contribution in [0.3, 0.4) is 0 Å². The molecule has 0 aliphatic carbocycles. The van der Waals surface area contributed by atoms with E-state index in [9.17, 15) is 10.1 Å². The Morgan fingerprint density at radius 3 is 2.62 bits per heavy atom. The van der Waals surface area contributed by atoms with Gasteiger partial charge in [-0.05, 0) is 49.2 Å². The van der Waals surface area contributed by atoms with Crippen LogP contribution in [0.2, 0.25) is 0 Å². The van der Waals surface area contributed by atoms with Gasteiger partial charge in [-0.1, -0.05) is 34.1 Å². The molecule has 2 aromatic carbocycles. The van der Waals surface area contributed by atoms with Gasteiger partial charge < -0.3 is 11.1 Å². The highest BCUT2D eigenvalue weighted by atomic mass is 79.9. The highest BCUT2D eigenvalue weighted by Gasteiger charge is 2.16. The van der Waals surface area contributed by atoms with Gasteiger partial charge in [-0.3, -0.25) is 4.79 Å². The van der Waals surface area contributed by atoms with Crippen LogP contribution < -0.4 is 11.1 Å². The number of nitrogen functional groups attached to an aromatic ring is 1. The van der Waals surface area contributed by atoms with Gasteiger partial charge in [0.25, 0.3) is 0 Å². The van der Waals surface area contributed by atoms with Crippen molar-refractivity contribution in [1.29, 1.82) is 5.26 Å². The van der Waals surface area contributed by atoms with Crippen LogP contribution in [0.1, 0.15) is 17.7 Å². The zero-order valence-electron chi connectivity index (χ0n) is 15.6. The summed E-state index contributed by atoms with van der Waals surface area (Å²) in [5, 5.41) is 16.8. The van der Waals surface area contributed by atoms with E-state index in [0.29, 0.717) is 42.2 Å². The molecule has 1 amide bonds. The van der Waals surface area contributed by atoms with E-state index in [4.69, 9.17) is 5.73 Å². The van der Waals surface area contributed by atoms with E-state index in [2.05, 4.69) is 32.4 Å². The zero-order chi connectivity index (χ0) is 20.6. The molecule has 0 aliphatic heterocycles. The van der Waals surface area contributed by atoms with E-state index in [1.807, 2.05) is 54.6 Å². The van der Waals surface area contributed by atoms with Gasteiger partial charge in [0, 0.05) is 15.9 Å². The number of aryl methyl sites for hydroxylation is 1. The van der Waals surface area contributed by atoms with Crippen molar-refractivity contribution in [2.75, 3.05) is 18.0 Å². The van der Waals surface area contributed by atoms with Gasteiger partial charge in [-0.15, -0.1) is 11.8 Å². The van der Waals surface area contributed by atoms with Gasteiger partial charge in [0.15, 0.2) is 0 Å². The lowest BCUT2D eigenvalue weighted by Gasteiger charge is -2.05. The number of amides is 1. The predicted molar refractivity (Wildman–Crippen MR) is 119 cm³/mol. The Bertz CT molecular complexity index is 1010. The number of hydrogen-bond donors (Lipinski definition) is 2. The Balaban J connectivity index is 1.49. The molecule has 3 rings (SSSR count). The first kappa shape index (κ1) is 21.0. The Hall–Kier alpha value is -2.76. The maximum absolute atomic E-state index is 12.0. The predicted octanol–water partition coefficient (Wildman–Crippen LogP) is 3.93. The van der Waals surface area contributed by atoms with Crippen LogP contribution in [0.5, 0.6) is 0 Å². The maximum Gasteiger partial charge on any atom is 0.230 e. The second-order valence-electron chi connectivity index (χ2n) is 6.26. The van der Waals surface area contributed by atoms with Gasteiger partial charge in [0.05, 0.1) is 17.1 Å². The first-order valence-corrected chi connectivity index (χ1v) is 10.8. The molecule has 0 spiro atoms. The van der Waals surface area contributed by atoms with Crippen molar-refractivity contribution in [2.24, 2.45) is 0 Å². The third-order valence-corrected chi connectivity index (χ3v) is 5.74. The molecule has 6 nitrogen and oxygen atoms in total. The summed E-state index contributed by atoms with van der Waals surface area (Å²) in [5.74, 6) is 0.678. The molecule has 1 aromatic heterocycles. The number of anilines is 1. The van der Waals surface area contributed by atoms with Gasteiger partial charge in [-0.25, -0.2) is 4.68 Å². The average Bonchev–Trinajstić information content (AvgIpc) is 3.06. The number of nitrogens with zero attached hydrogens (tertiary/aromatic N) is 3. The van der Waals surface area contributed by atoms with Crippen molar-refractivity contribution >= 4 is 39.4 Å². The van der Waals surface area contributed by atoms with E-state index in [1.54, 1.807) is 4.68 Å². The molecule has 29 heavy (non-hydrogen) atoms. The van der Waals surface area contributed by atoms with Crippen molar-refractivity contribution in [3.05, 3.63) is 70.3 Å². The average molecular weight is 470 g/mol. The number of rotatable bonds is 8. The van der Waals surface area contributed by atoms with Crippen molar-refractivity contribution < 1.29 is 4.79 Å². The number of nitrogens with one attached hydrogen (secondary N) is 1. The summed E-state index contributed by atoms with van der Waals surface area (Å²) in [6.07, 6.45) is 1.24. The van der Waals surface area contributed by atoms with Crippen LogP contribution in [-0.2, 0) is 11.2 Å². The lowest BCUT2D eigenvalue weighted by Crippen LogP contribution is -2.26. The molecule has 0 radical (unpaired) electrons. The normalized spacial score (nSPS) is 10.5. The molecule has 0 fully saturated rings. The van der Waals surface area contributed by atoms with Crippen molar-refractivity contribution in [3.8, 4) is 11.8 Å². The quantitative estimate of drug-likeness (QED) is 0.384. The van der Waals surface area contributed by atoms with Crippen molar-refractivity contribution in [3.63, 3.8) is 0 Å². The lowest BCUT2D eigenvalue weighted by atomic mass is 10.1. The summed E-state index contributed by atoms with van der Waals surface area (Å²) in [6, 6.07) is 19.5. The summed E-state index contributed by atoms with van der Waals surface area (Å²) in [7, 11) is 0. The highest BCUT2D eigenvalue weighted by Crippen LogP contribution is 2.22. The second-order valence-corrected chi connectivity index (χ2v) is 8.23. The summed E-state index contributed by atoms with van der Waals surface area (Å²) in [6.45, 7) is 0.517. The Morgan fingerprint density at radius 2 is 1.93 bits per heavy atom. The number of aromatic nitrogens is 2. The van der Waals surface area contributed by atoms with Crippen LogP contribution >= 0.6 is 27.7 Å². The van der Waals surface area contributed by atoms with E-state index in [1.165, 1.54) is 11.8 Å². The fourth-order valence-corrected chi connectivity index (χ4v) is 3.75. The number of halogens is 1.